The first-order chi connectivity index (χ1) is 14.8. The van der Waals surface area contributed by atoms with Crippen LogP contribution in [0.3, 0.4) is 0 Å². The molecule has 1 aliphatic rings. The van der Waals surface area contributed by atoms with Crippen LogP contribution < -0.4 is 5.32 Å². The summed E-state index contributed by atoms with van der Waals surface area (Å²) >= 11 is 0. The van der Waals surface area contributed by atoms with Gasteiger partial charge in [-0.1, -0.05) is 67.3 Å². The molecule has 1 N–H and O–H groups in total. The van der Waals surface area contributed by atoms with Gasteiger partial charge in [-0.2, -0.15) is 0 Å². The first kappa shape index (κ1) is 24.0. The van der Waals surface area contributed by atoms with Gasteiger partial charge in [0, 0.05) is 11.3 Å². The molecule has 2 aromatic carbocycles. The number of fused-ring (bicyclic) bond motifs is 1. The van der Waals surface area contributed by atoms with Crippen molar-refractivity contribution in [3.63, 3.8) is 0 Å². The maximum atomic E-state index is 13.8. The zero-order valence-electron chi connectivity index (χ0n) is 17.7. The number of hydrogen-bond donors (Lipinski definition) is 1. The third kappa shape index (κ3) is 5.87. The molecule has 3 nitrogen and oxygen atoms in total. The number of nitrogens with zero attached hydrogens (tertiary/aromatic N) is 1. The van der Waals surface area contributed by atoms with Gasteiger partial charge >= 0.3 is 6.03 Å². The molecule has 0 saturated carbocycles. The van der Waals surface area contributed by atoms with Crippen LogP contribution in [0.5, 0.6) is 0 Å². The third-order valence-corrected chi connectivity index (χ3v) is 4.97. The molecule has 1 unspecified atom stereocenters. The van der Waals surface area contributed by atoms with Gasteiger partial charge in [0.25, 0.3) is 6.43 Å². The summed E-state index contributed by atoms with van der Waals surface area (Å²) in [6, 6.07) is 12.1. The van der Waals surface area contributed by atoms with E-state index in [-0.39, 0.29) is 0 Å². The van der Waals surface area contributed by atoms with Crippen molar-refractivity contribution in [2.75, 3.05) is 11.9 Å². The molecule has 3 rings (SSSR count). The van der Waals surface area contributed by atoms with Crippen LogP contribution in [0.1, 0.15) is 31.4 Å². The Labute approximate surface area is 181 Å². The van der Waals surface area contributed by atoms with E-state index in [9.17, 15) is 18.0 Å². The van der Waals surface area contributed by atoms with E-state index in [4.69, 9.17) is 0 Å². The number of rotatable bonds is 6. The van der Waals surface area contributed by atoms with Gasteiger partial charge in [0.05, 0.1) is 12.1 Å². The maximum Gasteiger partial charge on any atom is 0.323 e. The molecule has 1 heterocycles. The predicted octanol–water partition coefficient (Wildman–Crippen LogP) is 6.90. The minimum absolute atomic E-state index is 0.424. The van der Waals surface area contributed by atoms with Crippen molar-refractivity contribution in [3.05, 3.63) is 102 Å². The number of carbonyl (C=O) groups excluding carboxylic acids is 1. The Bertz CT molecular complexity index is 941. The lowest BCUT2D eigenvalue weighted by Gasteiger charge is -2.46. The molecule has 0 aromatic heterocycles. The van der Waals surface area contributed by atoms with E-state index in [1.54, 1.807) is 43.3 Å². The molecule has 6 heteroatoms. The molecule has 2 amide bonds. The summed E-state index contributed by atoms with van der Waals surface area (Å²) in [6.07, 6.45) is 8.24. The van der Waals surface area contributed by atoms with Crippen LogP contribution in [-0.4, -0.2) is 23.9 Å². The van der Waals surface area contributed by atoms with E-state index >= 15 is 0 Å². The average Bonchev–Trinajstić information content (AvgIpc) is 2.76. The van der Waals surface area contributed by atoms with Gasteiger partial charge < -0.3 is 10.2 Å². The second-order valence-electron chi connectivity index (χ2n) is 7.03. The third-order valence-electron chi connectivity index (χ3n) is 4.97. The van der Waals surface area contributed by atoms with Gasteiger partial charge in [0.2, 0.25) is 0 Å². The maximum absolute atomic E-state index is 13.8. The molecule has 0 bridgehead atoms. The van der Waals surface area contributed by atoms with Crippen LogP contribution in [-0.2, 0) is 5.54 Å². The van der Waals surface area contributed by atoms with E-state index in [0.29, 0.717) is 16.8 Å². The van der Waals surface area contributed by atoms with Crippen molar-refractivity contribution in [2.45, 2.75) is 32.2 Å². The normalized spacial score (nSPS) is 18.0. The highest BCUT2D eigenvalue weighted by atomic mass is 19.3. The molecular formula is C25H27F3N2O. The minimum atomic E-state index is -2.70. The summed E-state index contributed by atoms with van der Waals surface area (Å²) in [7, 11) is 0. The van der Waals surface area contributed by atoms with Crippen LogP contribution in [0, 0.1) is 5.82 Å². The smallest absolute Gasteiger partial charge is 0.307 e. The van der Waals surface area contributed by atoms with Crippen molar-refractivity contribution in [1.82, 2.24) is 4.90 Å². The lowest BCUT2D eigenvalue weighted by atomic mass is 9.80. The van der Waals surface area contributed by atoms with Gasteiger partial charge in [-0.3, -0.25) is 0 Å². The molecule has 1 atom stereocenters. The number of anilines is 1. The summed E-state index contributed by atoms with van der Waals surface area (Å²) in [5.74, 6) is -0.487. The Hall–Kier alpha value is -3.28. The Morgan fingerprint density at radius 3 is 2.48 bits per heavy atom. The molecular weight excluding hydrogens is 401 g/mol. The molecule has 0 saturated heterocycles. The van der Waals surface area contributed by atoms with Gasteiger partial charge in [-0.25, -0.2) is 18.0 Å². The molecule has 2 aromatic rings. The lowest BCUT2D eigenvalue weighted by molar-refractivity contribution is 0.0650. The summed E-state index contributed by atoms with van der Waals surface area (Å²) < 4.78 is 39.8. The van der Waals surface area contributed by atoms with Crippen LogP contribution in [0.15, 0.2) is 85.5 Å². The Morgan fingerprint density at radius 1 is 1.16 bits per heavy atom. The number of nitrogens with one attached hydrogen (secondary N) is 1. The fourth-order valence-electron chi connectivity index (χ4n) is 3.43. The van der Waals surface area contributed by atoms with Crippen molar-refractivity contribution in [3.8, 4) is 0 Å². The lowest BCUT2D eigenvalue weighted by Crippen LogP contribution is -2.55. The molecule has 0 aliphatic carbocycles. The minimum Gasteiger partial charge on any atom is -0.307 e. The molecule has 1 aliphatic heterocycles. The number of hydrogen-bond acceptors (Lipinski definition) is 1. The monoisotopic (exact) mass is 428 g/mol. The number of allylic oxidation sites excluding steroid dienone is 5. The molecule has 0 fully saturated rings. The van der Waals surface area contributed by atoms with Crippen molar-refractivity contribution in [2.24, 2.45) is 0 Å². The van der Waals surface area contributed by atoms with Gasteiger partial charge in [-0.15, -0.1) is 0 Å². The van der Waals surface area contributed by atoms with E-state index in [2.05, 4.69) is 24.0 Å². The zero-order chi connectivity index (χ0) is 22.9. The largest absolute Gasteiger partial charge is 0.323 e. The Balaban J connectivity index is 0.000000366. The van der Waals surface area contributed by atoms with Crippen LogP contribution in [0.4, 0.5) is 23.7 Å². The highest BCUT2D eigenvalue weighted by Gasteiger charge is 2.45. The summed E-state index contributed by atoms with van der Waals surface area (Å²) in [5, 5.41) is 2.55. The predicted molar refractivity (Wildman–Crippen MR) is 120 cm³/mol. The van der Waals surface area contributed by atoms with E-state index in [0.717, 1.165) is 11.3 Å². The van der Waals surface area contributed by atoms with Gasteiger partial charge in [0.15, 0.2) is 0 Å². The second kappa shape index (κ2) is 11.2. The number of amides is 2. The highest BCUT2D eigenvalue weighted by molar-refractivity contribution is 5.94. The number of carbonyl (C=O) groups is 1. The molecule has 0 spiro atoms. The summed E-state index contributed by atoms with van der Waals surface area (Å²) in [6.45, 7) is 6.47. The van der Waals surface area contributed by atoms with E-state index < -0.39 is 30.4 Å². The molecule has 164 valence electrons. The van der Waals surface area contributed by atoms with E-state index in [1.807, 2.05) is 19.1 Å². The van der Waals surface area contributed by atoms with Crippen LogP contribution in [0.25, 0.3) is 0 Å². The van der Waals surface area contributed by atoms with Gasteiger partial charge in [-0.05, 0) is 44.0 Å². The summed E-state index contributed by atoms with van der Waals surface area (Å²) in [4.78, 5) is 13.4. The average molecular weight is 428 g/mol. The standard InChI is InChI=1S/C17H15F3N2O.C8H12/c1-17(11-5-3-2-4-6-11)13-9-12(18)7-8-14(13)21-16(23)22(17)10-15(19)20;1-3-5-7-8-6-4-2/h2-9,15H,10H2,1H3,(H,21,23);3-7H,1,8H2,2H3/b;6-4-,7-5-. The van der Waals surface area contributed by atoms with Gasteiger partial charge in [0.1, 0.15) is 5.82 Å². The fourth-order valence-corrected chi connectivity index (χ4v) is 3.43. The first-order valence-electron chi connectivity index (χ1n) is 9.95. The van der Waals surface area contributed by atoms with Crippen LogP contribution in [0.2, 0.25) is 0 Å². The van der Waals surface area contributed by atoms with E-state index in [1.165, 1.54) is 18.2 Å². The number of alkyl halides is 2. The zero-order valence-corrected chi connectivity index (χ0v) is 17.7. The van der Waals surface area contributed by atoms with Crippen molar-refractivity contribution >= 4 is 11.7 Å². The second-order valence-corrected chi connectivity index (χ2v) is 7.03. The van der Waals surface area contributed by atoms with Crippen molar-refractivity contribution < 1.29 is 18.0 Å². The number of urea groups is 1. The Kier molecular flexibility index (Phi) is 8.67. The highest BCUT2D eigenvalue weighted by Crippen LogP contribution is 2.43. The quantitative estimate of drug-likeness (QED) is 0.394. The summed E-state index contributed by atoms with van der Waals surface area (Å²) in [5.41, 5.74) is 0.330. The fraction of sp³-hybridized carbons (Fsp3) is 0.240. The SMILES string of the molecule is C=C/C=C\C/C=C\C.CC1(c2ccccc2)c2cc(F)ccc2NC(=O)N1CC(F)F. The molecule has 31 heavy (non-hydrogen) atoms. The molecule has 0 radical (unpaired) electrons. The topological polar surface area (TPSA) is 32.3 Å². The van der Waals surface area contributed by atoms with Crippen LogP contribution >= 0.6 is 0 Å². The Morgan fingerprint density at radius 2 is 1.87 bits per heavy atom. The number of halogens is 3. The van der Waals surface area contributed by atoms with Crippen molar-refractivity contribution in [1.29, 1.82) is 0 Å². The first-order valence-corrected chi connectivity index (χ1v) is 9.95. The number of benzene rings is 2.